The summed E-state index contributed by atoms with van der Waals surface area (Å²) in [6, 6.07) is 19.9. The highest BCUT2D eigenvalue weighted by molar-refractivity contribution is 5.96. The van der Waals surface area contributed by atoms with Gasteiger partial charge in [-0.05, 0) is 53.9 Å². The summed E-state index contributed by atoms with van der Waals surface area (Å²) in [4.78, 5) is 17.2. The Labute approximate surface area is 168 Å². The zero-order valence-electron chi connectivity index (χ0n) is 16.1. The van der Waals surface area contributed by atoms with Crippen molar-refractivity contribution in [2.75, 3.05) is 0 Å². The van der Waals surface area contributed by atoms with Crippen molar-refractivity contribution in [3.05, 3.63) is 89.6 Å². The lowest BCUT2D eigenvalue weighted by molar-refractivity contribution is 0.699. The molecule has 1 aromatic heterocycles. The van der Waals surface area contributed by atoms with Gasteiger partial charge in [-0.1, -0.05) is 31.2 Å². The van der Waals surface area contributed by atoms with Crippen molar-refractivity contribution in [3.63, 3.8) is 0 Å². The summed E-state index contributed by atoms with van der Waals surface area (Å²) >= 11 is 0. The van der Waals surface area contributed by atoms with Crippen LogP contribution in [0.2, 0.25) is 0 Å². The summed E-state index contributed by atoms with van der Waals surface area (Å²) in [5.41, 5.74) is 5.38. The van der Waals surface area contributed by atoms with E-state index in [0.29, 0.717) is 5.56 Å². The Morgan fingerprint density at radius 2 is 1.72 bits per heavy atom. The second-order valence-electron chi connectivity index (χ2n) is 7.11. The van der Waals surface area contributed by atoms with Crippen LogP contribution in [0, 0.1) is 0 Å². The van der Waals surface area contributed by atoms with Crippen LogP contribution in [-0.4, -0.2) is 19.3 Å². The Kier molecular flexibility index (Phi) is 4.21. The molecule has 5 rings (SSSR count). The summed E-state index contributed by atoms with van der Waals surface area (Å²) in [5.74, 6) is 0. The highest BCUT2D eigenvalue weighted by Crippen LogP contribution is 2.31. The van der Waals surface area contributed by atoms with E-state index < -0.39 is 0 Å². The standard InChI is InChI=1S/C24H20N4O/c1-2-14-27-16-21-23(26-28(24(21)29)19-6-4-3-5-7-19)20-9-8-18(15-22(20)27)17-10-12-25-13-11-17/h3-13,15-16H,2,14H2,1H3. The molecule has 0 saturated heterocycles. The smallest absolute Gasteiger partial charge is 0.282 e. The van der Waals surface area contributed by atoms with Crippen LogP contribution in [0.1, 0.15) is 13.3 Å². The molecule has 0 fully saturated rings. The van der Waals surface area contributed by atoms with E-state index in [1.165, 1.54) is 4.68 Å². The second kappa shape index (κ2) is 7.02. The lowest BCUT2D eigenvalue weighted by atomic mass is 10.0. The number of aryl methyl sites for hydroxylation is 1. The molecule has 0 saturated carbocycles. The first-order valence-corrected chi connectivity index (χ1v) is 9.78. The number of hydrogen-bond acceptors (Lipinski definition) is 3. The fraction of sp³-hybridized carbons (Fsp3) is 0.125. The van der Waals surface area contributed by atoms with E-state index in [4.69, 9.17) is 5.10 Å². The number of pyridine rings is 2. The topological polar surface area (TPSA) is 52.7 Å². The first-order valence-electron chi connectivity index (χ1n) is 9.78. The first-order chi connectivity index (χ1) is 14.3. The summed E-state index contributed by atoms with van der Waals surface area (Å²) in [7, 11) is 0. The molecule has 0 radical (unpaired) electrons. The van der Waals surface area contributed by atoms with E-state index in [2.05, 4.69) is 34.7 Å². The van der Waals surface area contributed by atoms with Gasteiger partial charge in [0.15, 0.2) is 0 Å². The van der Waals surface area contributed by atoms with Gasteiger partial charge < -0.3 is 4.57 Å². The summed E-state index contributed by atoms with van der Waals surface area (Å²) in [6.07, 6.45) is 6.53. The van der Waals surface area contributed by atoms with Gasteiger partial charge in [0.25, 0.3) is 5.56 Å². The molecule has 29 heavy (non-hydrogen) atoms. The fourth-order valence-corrected chi connectivity index (χ4v) is 3.82. The van der Waals surface area contributed by atoms with Crippen LogP contribution in [0.4, 0.5) is 0 Å². The van der Waals surface area contributed by atoms with Crippen molar-refractivity contribution in [3.8, 4) is 28.1 Å². The van der Waals surface area contributed by atoms with Gasteiger partial charge in [0.1, 0.15) is 5.69 Å². The number of rotatable bonds is 4. The molecule has 0 spiro atoms. The lowest BCUT2D eigenvalue weighted by Gasteiger charge is -2.14. The molecule has 0 aliphatic carbocycles. The van der Waals surface area contributed by atoms with Gasteiger partial charge in [-0.3, -0.25) is 9.78 Å². The third-order valence-electron chi connectivity index (χ3n) is 5.20. The third-order valence-corrected chi connectivity index (χ3v) is 5.20. The molecule has 5 nitrogen and oxygen atoms in total. The first kappa shape index (κ1) is 17.4. The van der Waals surface area contributed by atoms with Gasteiger partial charge >= 0.3 is 0 Å². The number of fused-ring (bicyclic) bond motifs is 3. The Balaban J connectivity index is 1.80. The Bertz CT molecular complexity index is 1320. The normalized spacial score (nSPS) is 11.3. The van der Waals surface area contributed by atoms with E-state index in [1.807, 2.05) is 48.7 Å². The van der Waals surface area contributed by atoms with E-state index in [1.54, 1.807) is 12.4 Å². The fourth-order valence-electron chi connectivity index (χ4n) is 3.82. The molecule has 142 valence electrons. The van der Waals surface area contributed by atoms with E-state index in [-0.39, 0.29) is 5.56 Å². The Morgan fingerprint density at radius 3 is 2.48 bits per heavy atom. The maximum atomic E-state index is 13.1. The van der Waals surface area contributed by atoms with Crippen LogP contribution in [0.25, 0.3) is 39.0 Å². The van der Waals surface area contributed by atoms with E-state index in [0.717, 1.165) is 46.4 Å². The molecular weight excluding hydrogens is 360 g/mol. The number of hydrogen-bond donors (Lipinski definition) is 0. The van der Waals surface area contributed by atoms with Crippen LogP contribution in [-0.2, 0) is 6.54 Å². The van der Waals surface area contributed by atoms with Gasteiger partial charge in [0.05, 0.1) is 16.8 Å². The molecule has 2 aliphatic rings. The number of para-hydroxylation sites is 1. The van der Waals surface area contributed by atoms with Crippen LogP contribution in [0.5, 0.6) is 0 Å². The average molecular weight is 380 g/mol. The van der Waals surface area contributed by atoms with Crippen LogP contribution < -0.4 is 5.56 Å². The van der Waals surface area contributed by atoms with E-state index in [9.17, 15) is 4.79 Å². The number of aromatic nitrogens is 4. The molecule has 3 aromatic rings. The van der Waals surface area contributed by atoms with Crippen molar-refractivity contribution in [2.45, 2.75) is 19.9 Å². The molecule has 0 N–H and O–H groups in total. The average Bonchev–Trinajstić information content (AvgIpc) is 3.11. The second-order valence-corrected chi connectivity index (χ2v) is 7.11. The third kappa shape index (κ3) is 2.91. The molecule has 3 heterocycles. The quantitative estimate of drug-likeness (QED) is 0.451. The SMILES string of the molecule is CCCn1cc2c(=O)n(-c3ccccc3)nc-2c2ccc(-c3ccncc3)cc21. The Hall–Kier alpha value is -3.73. The van der Waals surface area contributed by atoms with Crippen molar-refractivity contribution >= 4 is 10.9 Å². The largest absolute Gasteiger partial charge is 0.347 e. The number of nitrogens with zero attached hydrogens (tertiary/aromatic N) is 4. The monoisotopic (exact) mass is 380 g/mol. The maximum Gasteiger partial charge on any atom is 0.282 e. The molecular formula is C24H20N4O. The predicted molar refractivity (Wildman–Crippen MR) is 115 cm³/mol. The van der Waals surface area contributed by atoms with Gasteiger partial charge in [0, 0.05) is 30.5 Å². The van der Waals surface area contributed by atoms with Crippen molar-refractivity contribution in [2.24, 2.45) is 0 Å². The molecule has 0 unspecified atom stereocenters. The van der Waals surface area contributed by atoms with Crippen LogP contribution >= 0.6 is 0 Å². The summed E-state index contributed by atoms with van der Waals surface area (Å²) < 4.78 is 3.66. The number of benzene rings is 2. The Morgan fingerprint density at radius 1 is 0.931 bits per heavy atom. The molecule has 5 heteroatoms. The van der Waals surface area contributed by atoms with Gasteiger partial charge in [-0.25, -0.2) is 0 Å². The summed E-state index contributed by atoms with van der Waals surface area (Å²) in [5, 5.41) is 5.68. The van der Waals surface area contributed by atoms with Gasteiger partial charge in [-0.2, -0.15) is 9.78 Å². The molecule has 2 aliphatic heterocycles. The van der Waals surface area contributed by atoms with Crippen molar-refractivity contribution in [1.82, 2.24) is 19.3 Å². The van der Waals surface area contributed by atoms with Crippen LogP contribution in [0.3, 0.4) is 0 Å². The van der Waals surface area contributed by atoms with Crippen molar-refractivity contribution in [1.29, 1.82) is 0 Å². The highest BCUT2D eigenvalue weighted by atomic mass is 16.1. The molecule has 0 amide bonds. The minimum atomic E-state index is -0.0869. The maximum absolute atomic E-state index is 13.1. The summed E-state index contributed by atoms with van der Waals surface area (Å²) in [6.45, 7) is 2.98. The minimum absolute atomic E-state index is 0.0869. The predicted octanol–water partition coefficient (Wildman–Crippen LogP) is 4.76. The molecule has 0 atom stereocenters. The lowest BCUT2D eigenvalue weighted by Crippen LogP contribution is -2.15. The minimum Gasteiger partial charge on any atom is -0.347 e. The van der Waals surface area contributed by atoms with Gasteiger partial charge in [-0.15, -0.1) is 0 Å². The highest BCUT2D eigenvalue weighted by Gasteiger charge is 2.21. The molecule has 0 bridgehead atoms. The zero-order chi connectivity index (χ0) is 19.8. The van der Waals surface area contributed by atoms with E-state index >= 15 is 0 Å². The van der Waals surface area contributed by atoms with Gasteiger partial charge in [0.2, 0.25) is 0 Å². The van der Waals surface area contributed by atoms with Crippen molar-refractivity contribution < 1.29 is 0 Å². The van der Waals surface area contributed by atoms with Crippen LogP contribution in [0.15, 0.2) is 84.0 Å². The molecule has 2 aromatic carbocycles. The zero-order valence-corrected chi connectivity index (χ0v) is 16.1.